The van der Waals surface area contributed by atoms with E-state index in [9.17, 15) is 0 Å². The molecule has 1 fully saturated rings. The quantitative estimate of drug-likeness (QED) is 0.943. The van der Waals surface area contributed by atoms with Crippen molar-refractivity contribution < 1.29 is 0 Å². The molecule has 1 aromatic heterocycles. The van der Waals surface area contributed by atoms with E-state index >= 15 is 0 Å². The maximum atomic E-state index is 6.35. The van der Waals surface area contributed by atoms with Gasteiger partial charge in [0, 0.05) is 36.1 Å². The van der Waals surface area contributed by atoms with Gasteiger partial charge in [0.05, 0.1) is 6.54 Å². The molecule has 1 aliphatic heterocycles. The van der Waals surface area contributed by atoms with Crippen LogP contribution in [0, 0.1) is 0 Å². The maximum Gasteiger partial charge on any atom is 0.107 e. The predicted molar refractivity (Wildman–Crippen MR) is 88.6 cm³/mol. The van der Waals surface area contributed by atoms with E-state index in [0.717, 1.165) is 19.6 Å². The van der Waals surface area contributed by atoms with E-state index in [1.807, 2.05) is 17.5 Å². The standard InChI is InChI=1S/C17H23N3S/c1-12(2)16-8-19-17(21-16)11-20-9-14(15(18)10-20)13-6-4-3-5-7-13/h3-8,12,14-15H,9-11,18H2,1-2H3/t14-,15+/m0/s1. The third-order valence-electron chi connectivity index (χ3n) is 4.17. The van der Waals surface area contributed by atoms with Crippen LogP contribution in [0.2, 0.25) is 0 Å². The minimum atomic E-state index is 0.219. The summed E-state index contributed by atoms with van der Waals surface area (Å²) in [5.41, 5.74) is 7.71. The Morgan fingerprint density at radius 2 is 2.05 bits per heavy atom. The van der Waals surface area contributed by atoms with Gasteiger partial charge in [-0.15, -0.1) is 11.3 Å². The van der Waals surface area contributed by atoms with E-state index in [-0.39, 0.29) is 6.04 Å². The van der Waals surface area contributed by atoms with E-state index in [0.29, 0.717) is 11.8 Å². The van der Waals surface area contributed by atoms with Crippen molar-refractivity contribution in [1.82, 2.24) is 9.88 Å². The molecule has 0 bridgehead atoms. The number of benzene rings is 1. The monoisotopic (exact) mass is 301 g/mol. The van der Waals surface area contributed by atoms with E-state index in [2.05, 4.69) is 54.1 Å². The Labute approximate surface area is 130 Å². The third-order valence-corrected chi connectivity index (χ3v) is 5.45. The minimum absolute atomic E-state index is 0.219. The summed E-state index contributed by atoms with van der Waals surface area (Å²) in [6.45, 7) is 7.34. The van der Waals surface area contributed by atoms with Gasteiger partial charge in [0.15, 0.2) is 0 Å². The van der Waals surface area contributed by atoms with E-state index in [4.69, 9.17) is 5.73 Å². The summed E-state index contributed by atoms with van der Waals surface area (Å²) in [6, 6.07) is 10.9. The predicted octanol–water partition coefficient (Wildman–Crippen LogP) is 3.19. The zero-order valence-electron chi connectivity index (χ0n) is 12.7. The average Bonchev–Trinajstić information content (AvgIpc) is 3.07. The second-order valence-corrected chi connectivity index (χ2v) is 7.33. The molecule has 1 saturated heterocycles. The van der Waals surface area contributed by atoms with Crippen LogP contribution in [-0.4, -0.2) is 29.0 Å². The van der Waals surface area contributed by atoms with Crippen molar-refractivity contribution in [3.63, 3.8) is 0 Å². The highest BCUT2D eigenvalue weighted by Crippen LogP contribution is 2.29. The molecule has 3 nitrogen and oxygen atoms in total. The number of thiazole rings is 1. The first-order valence-electron chi connectivity index (χ1n) is 7.61. The van der Waals surface area contributed by atoms with Gasteiger partial charge in [-0.3, -0.25) is 4.90 Å². The number of hydrogen-bond acceptors (Lipinski definition) is 4. The smallest absolute Gasteiger partial charge is 0.107 e. The molecule has 4 heteroatoms. The van der Waals surface area contributed by atoms with Crippen molar-refractivity contribution in [1.29, 1.82) is 0 Å². The Bertz CT molecular complexity index is 579. The van der Waals surface area contributed by atoms with Crippen LogP contribution in [0.1, 0.15) is 41.1 Å². The lowest BCUT2D eigenvalue weighted by Crippen LogP contribution is -2.28. The molecule has 112 valence electrons. The van der Waals surface area contributed by atoms with E-state index < -0.39 is 0 Å². The Kier molecular flexibility index (Phi) is 4.38. The molecule has 2 N–H and O–H groups in total. The fourth-order valence-electron chi connectivity index (χ4n) is 2.95. The topological polar surface area (TPSA) is 42.2 Å². The van der Waals surface area contributed by atoms with Crippen LogP contribution in [-0.2, 0) is 6.54 Å². The number of hydrogen-bond donors (Lipinski definition) is 1. The zero-order valence-corrected chi connectivity index (χ0v) is 13.5. The molecule has 0 aliphatic carbocycles. The van der Waals surface area contributed by atoms with Crippen molar-refractivity contribution >= 4 is 11.3 Å². The van der Waals surface area contributed by atoms with Crippen molar-refractivity contribution in [3.05, 3.63) is 52.0 Å². The van der Waals surface area contributed by atoms with E-state index in [1.54, 1.807) is 0 Å². The molecular formula is C17H23N3S. The number of nitrogens with zero attached hydrogens (tertiary/aromatic N) is 2. The number of aromatic nitrogens is 1. The van der Waals surface area contributed by atoms with Gasteiger partial charge in [-0.2, -0.15) is 0 Å². The summed E-state index contributed by atoms with van der Waals surface area (Å²) >= 11 is 1.83. The summed E-state index contributed by atoms with van der Waals surface area (Å²) in [5, 5.41) is 1.21. The van der Waals surface area contributed by atoms with Gasteiger partial charge in [-0.05, 0) is 11.5 Å². The van der Waals surface area contributed by atoms with Crippen LogP contribution >= 0.6 is 11.3 Å². The molecule has 0 saturated carbocycles. The molecule has 0 radical (unpaired) electrons. The van der Waals surface area contributed by atoms with Crippen molar-refractivity contribution in [3.8, 4) is 0 Å². The summed E-state index contributed by atoms with van der Waals surface area (Å²) in [6.07, 6.45) is 2.02. The molecule has 1 aliphatic rings. The van der Waals surface area contributed by atoms with Crippen LogP contribution < -0.4 is 5.73 Å². The molecule has 3 rings (SSSR count). The molecular weight excluding hydrogens is 278 g/mol. The molecule has 0 unspecified atom stereocenters. The highest BCUT2D eigenvalue weighted by molar-refractivity contribution is 7.11. The van der Waals surface area contributed by atoms with Gasteiger partial charge in [0.2, 0.25) is 0 Å². The molecule has 0 spiro atoms. The zero-order chi connectivity index (χ0) is 14.8. The fourth-order valence-corrected chi connectivity index (χ4v) is 3.92. The second-order valence-electron chi connectivity index (χ2n) is 6.19. The fraction of sp³-hybridized carbons (Fsp3) is 0.471. The lowest BCUT2D eigenvalue weighted by atomic mass is 9.95. The molecule has 2 atom stereocenters. The van der Waals surface area contributed by atoms with Gasteiger partial charge < -0.3 is 5.73 Å². The Morgan fingerprint density at radius 3 is 2.71 bits per heavy atom. The Balaban J connectivity index is 1.65. The summed E-state index contributed by atoms with van der Waals surface area (Å²) < 4.78 is 0. The SMILES string of the molecule is CC(C)c1cnc(CN2C[C@@H](N)[C@H](c3ccccc3)C2)s1. The second kappa shape index (κ2) is 6.26. The summed E-state index contributed by atoms with van der Waals surface area (Å²) in [5.74, 6) is 1.00. The van der Waals surface area contributed by atoms with Crippen LogP contribution in [0.15, 0.2) is 36.5 Å². The van der Waals surface area contributed by atoms with Gasteiger partial charge in [0.25, 0.3) is 0 Å². The molecule has 1 aromatic carbocycles. The molecule has 21 heavy (non-hydrogen) atoms. The number of nitrogens with two attached hydrogens (primary N) is 1. The minimum Gasteiger partial charge on any atom is -0.326 e. The lowest BCUT2D eigenvalue weighted by molar-refractivity contribution is 0.323. The van der Waals surface area contributed by atoms with Crippen LogP contribution in [0.5, 0.6) is 0 Å². The van der Waals surface area contributed by atoms with Crippen molar-refractivity contribution in [2.75, 3.05) is 13.1 Å². The van der Waals surface area contributed by atoms with Crippen molar-refractivity contribution in [2.45, 2.75) is 38.3 Å². The first-order valence-corrected chi connectivity index (χ1v) is 8.42. The normalized spacial score (nSPS) is 23.0. The number of likely N-dealkylation sites (tertiary alicyclic amines) is 1. The van der Waals surface area contributed by atoms with Gasteiger partial charge in [-0.1, -0.05) is 44.2 Å². The van der Waals surface area contributed by atoms with Crippen molar-refractivity contribution in [2.24, 2.45) is 5.73 Å². The third kappa shape index (κ3) is 3.34. The Hall–Kier alpha value is -1.23. The highest BCUT2D eigenvalue weighted by Gasteiger charge is 2.31. The lowest BCUT2D eigenvalue weighted by Gasteiger charge is -2.15. The number of rotatable bonds is 4. The van der Waals surface area contributed by atoms with Crippen LogP contribution in [0.4, 0.5) is 0 Å². The summed E-state index contributed by atoms with van der Waals surface area (Å²) in [7, 11) is 0. The largest absolute Gasteiger partial charge is 0.326 e. The molecule has 0 amide bonds. The average molecular weight is 301 g/mol. The van der Waals surface area contributed by atoms with Gasteiger partial charge >= 0.3 is 0 Å². The first-order chi connectivity index (χ1) is 10.1. The Morgan fingerprint density at radius 1 is 1.29 bits per heavy atom. The maximum absolute atomic E-state index is 6.35. The van der Waals surface area contributed by atoms with E-state index in [1.165, 1.54) is 15.4 Å². The van der Waals surface area contributed by atoms with Gasteiger partial charge in [-0.25, -0.2) is 4.98 Å². The molecule has 2 heterocycles. The summed E-state index contributed by atoms with van der Waals surface area (Å²) in [4.78, 5) is 8.36. The van der Waals surface area contributed by atoms with Crippen LogP contribution in [0.25, 0.3) is 0 Å². The first kappa shape index (κ1) is 14.7. The van der Waals surface area contributed by atoms with Crippen LogP contribution in [0.3, 0.4) is 0 Å². The van der Waals surface area contributed by atoms with Gasteiger partial charge in [0.1, 0.15) is 5.01 Å². The highest BCUT2D eigenvalue weighted by atomic mass is 32.1. The molecule has 2 aromatic rings.